The number of aryl methyl sites for hydroxylation is 1. The van der Waals surface area contributed by atoms with Gasteiger partial charge in [0.15, 0.2) is 0 Å². The first-order valence-electron chi connectivity index (χ1n) is 11.1. The summed E-state index contributed by atoms with van der Waals surface area (Å²) in [6.07, 6.45) is 15.6. The number of rotatable bonds is 6. The van der Waals surface area contributed by atoms with Gasteiger partial charge in [-0.2, -0.15) is 4.98 Å². The highest BCUT2D eigenvalue weighted by Gasteiger charge is 2.27. The van der Waals surface area contributed by atoms with E-state index in [-0.39, 0.29) is 11.9 Å². The number of carbonyl (C=O) groups excluding carboxylic acids is 1. The van der Waals surface area contributed by atoms with Gasteiger partial charge < -0.3 is 10.2 Å². The molecule has 0 bridgehead atoms. The van der Waals surface area contributed by atoms with Crippen molar-refractivity contribution in [2.24, 2.45) is 5.92 Å². The summed E-state index contributed by atoms with van der Waals surface area (Å²) in [5.41, 5.74) is 0.921. The molecule has 0 spiro atoms. The highest BCUT2D eigenvalue weighted by molar-refractivity contribution is 5.77. The fourth-order valence-corrected chi connectivity index (χ4v) is 4.63. The first-order chi connectivity index (χ1) is 14.2. The number of aromatic nitrogens is 4. The standard InChI is InChI=1S/C22H32N6O/c1-17-13-20(26-22(25-17)27-12-10-23-16-27)28-11-6-5-9-19(28)14-21(29)24-15-18-7-3-2-4-8-18/h10,12-13,16,18-19H,2-9,11,14-15H2,1H3,(H,24,29). The van der Waals surface area contributed by atoms with Crippen LogP contribution in [0.2, 0.25) is 0 Å². The maximum Gasteiger partial charge on any atom is 0.237 e. The maximum atomic E-state index is 12.7. The summed E-state index contributed by atoms with van der Waals surface area (Å²) in [5.74, 6) is 2.38. The minimum Gasteiger partial charge on any atom is -0.356 e. The third-order valence-corrected chi connectivity index (χ3v) is 6.22. The minimum atomic E-state index is 0.174. The van der Waals surface area contributed by atoms with Gasteiger partial charge >= 0.3 is 0 Å². The zero-order valence-corrected chi connectivity index (χ0v) is 17.4. The van der Waals surface area contributed by atoms with Crippen molar-refractivity contribution < 1.29 is 4.79 Å². The molecule has 7 nitrogen and oxygen atoms in total. The fraction of sp³-hybridized carbons (Fsp3) is 0.636. The highest BCUT2D eigenvalue weighted by atomic mass is 16.1. The van der Waals surface area contributed by atoms with Gasteiger partial charge in [-0.3, -0.25) is 9.36 Å². The van der Waals surface area contributed by atoms with Crippen LogP contribution in [0.1, 0.15) is 63.5 Å². The Labute approximate surface area is 173 Å². The molecule has 2 fully saturated rings. The zero-order valence-electron chi connectivity index (χ0n) is 17.4. The van der Waals surface area contributed by atoms with Crippen molar-refractivity contribution in [1.82, 2.24) is 24.8 Å². The van der Waals surface area contributed by atoms with E-state index in [4.69, 9.17) is 4.98 Å². The molecule has 2 aromatic rings. The topological polar surface area (TPSA) is 75.9 Å². The van der Waals surface area contributed by atoms with Crippen LogP contribution in [0.4, 0.5) is 5.82 Å². The van der Waals surface area contributed by atoms with E-state index in [0.717, 1.165) is 43.9 Å². The number of nitrogens with zero attached hydrogens (tertiary/aromatic N) is 5. The van der Waals surface area contributed by atoms with E-state index in [1.165, 1.54) is 32.1 Å². The van der Waals surface area contributed by atoms with Gasteiger partial charge in [-0.25, -0.2) is 9.97 Å². The maximum absolute atomic E-state index is 12.7. The van der Waals surface area contributed by atoms with Gasteiger partial charge in [-0.1, -0.05) is 19.3 Å². The Balaban J connectivity index is 1.42. The van der Waals surface area contributed by atoms with Crippen LogP contribution in [0.3, 0.4) is 0 Å². The second-order valence-corrected chi connectivity index (χ2v) is 8.49. The second kappa shape index (κ2) is 9.37. The molecule has 0 radical (unpaired) electrons. The number of imidazole rings is 1. The number of nitrogens with one attached hydrogen (secondary N) is 1. The summed E-state index contributed by atoms with van der Waals surface area (Å²) >= 11 is 0. The van der Waals surface area contributed by atoms with Crippen LogP contribution in [0.25, 0.3) is 5.95 Å². The van der Waals surface area contributed by atoms with Gasteiger partial charge in [0.05, 0.1) is 0 Å². The van der Waals surface area contributed by atoms with Crippen LogP contribution in [0.15, 0.2) is 24.8 Å². The molecule has 1 aliphatic heterocycles. The number of hydrogen-bond acceptors (Lipinski definition) is 5. The molecule has 1 saturated carbocycles. The van der Waals surface area contributed by atoms with Crippen LogP contribution in [-0.4, -0.2) is 44.6 Å². The number of anilines is 1. The monoisotopic (exact) mass is 396 g/mol. The summed E-state index contributed by atoms with van der Waals surface area (Å²) in [6.45, 7) is 3.75. The molecule has 156 valence electrons. The molecule has 1 amide bonds. The largest absolute Gasteiger partial charge is 0.356 e. The summed E-state index contributed by atoms with van der Waals surface area (Å²) in [5, 5.41) is 3.21. The first kappa shape index (κ1) is 19.9. The predicted octanol–water partition coefficient (Wildman–Crippen LogP) is 3.42. The minimum absolute atomic E-state index is 0.174. The Morgan fingerprint density at radius 2 is 1.97 bits per heavy atom. The van der Waals surface area contributed by atoms with Crippen molar-refractivity contribution in [3.05, 3.63) is 30.5 Å². The average Bonchev–Trinajstić information content (AvgIpc) is 3.28. The molecular weight excluding hydrogens is 364 g/mol. The van der Waals surface area contributed by atoms with Crippen molar-refractivity contribution in [2.45, 2.75) is 70.8 Å². The lowest BCUT2D eigenvalue weighted by Crippen LogP contribution is -2.44. The molecule has 2 aromatic heterocycles. The van der Waals surface area contributed by atoms with Crippen LogP contribution < -0.4 is 10.2 Å². The van der Waals surface area contributed by atoms with Crippen molar-refractivity contribution in [2.75, 3.05) is 18.0 Å². The van der Waals surface area contributed by atoms with Crippen LogP contribution >= 0.6 is 0 Å². The summed E-state index contributed by atoms with van der Waals surface area (Å²) in [7, 11) is 0. The highest BCUT2D eigenvalue weighted by Crippen LogP contribution is 2.27. The number of carbonyl (C=O) groups is 1. The number of amides is 1. The van der Waals surface area contributed by atoms with Crippen molar-refractivity contribution >= 4 is 11.7 Å². The van der Waals surface area contributed by atoms with E-state index in [1.54, 1.807) is 12.5 Å². The lowest BCUT2D eigenvalue weighted by atomic mass is 9.89. The lowest BCUT2D eigenvalue weighted by Gasteiger charge is -2.36. The molecule has 3 heterocycles. The molecule has 1 unspecified atom stereocenters. The molecule has 4 rings (SSSR count). The molecule has 1 saturated heterocycles. The average molecular weight is 397 g/mol. The molecule has 29 heavy (non-hydrogen) atoms. The summed E-state index contributed by atoms with van der Waals surface area (Å²) in [6, 6.07) is 2.22. The Hall–Kier alpha value is -2.44. The Kier molecular flexibility index (Phi) is 6.42. The molecule has 1 atom stereocenters. The molecule has 0 aromatic carbocycles. The lowest BCUT2D eigenvalue weighted by molar-refractivity contribution is -0.121. The van der Waals surface area contributed by atoms with Crippen LogP contribution in [0.5, 0.6) is 0 Å². The van der Waals surface area contributed by atoms with Gasteiger partial charge in [0.1, 0.15) is 12.1 Å². The van der Waals surface area contributed by atoms with Crippen molar-refractivity contribution in [3.8, 4) is 5.95 Å². The SMILES string of the molecule is Cc1cc(N2CCCCC2CC(=O)NCC2CCCCC2)nc(-n2ccnc2)n1. The first-order valence-corrected chi connectivity index (χ1v) is 11.1. The van der Waals surface area contributed by atoms with Gasteiger partial charge in [0.25, 0.3) is 0 Å². The van der Waals surface area contributed by atoms with E-state index < -0.39 is 0 Å². The molecular formula is C22H32N6O. The van der Waals surface area contributed by atoms with E-state index in [1.807, 2.05) is 23.8 Å². The molecule has 1 aliphatic carbocycles. The summed E-state index contributed by atoms with van der Waals surface area (Å²) in [4.78, 5) is 28.4. The van der Waals surface area contributed by atoms with Gasteiger partial charge in [0.2, 0.25) is 11.9 Å². The van der Waals surface area contributed by atoms with Crippen molar-refractivity contribution in [3.63, 3.8) is 0 Å². The van der Waals surface area contributed by atoms with Crippen LogP contribution in [-0.2, 0) is 4.79 Å². The normalized spacial score (nSPS) is 20.6. The van der Waals surface area contributed by atoms with E-state index in [9.17, 15) is 4.79 Å². The Bertz CT molecular complexity index is 800. The molecule has 1 N–H and O–H groups in total. The molecule has 7 heteroatoms. The van der Waals surface area contributed by atoms with Gasteiger partial charge in [0, 0.05) is 49.7 Å². The smallest absolute Gasteiger partial charge is 0.237 e. The Morgan fingerprint density at radius 1 is 1.14 bits per heavy atom. The number of piperidine rings is 1. The van der Waals surface area contributed by atoms with Gasteiger partial charge in [-0.15, -0.1) is 0 Å². The second-order valence-electron chi connectivity index (χ2n) is 8.49. The summed E-state index contributed by atoms with van der Waals surface area (Å²) < 4.78 is 1.83. The van der Waals surface area contributed by atoms with E-state index >= 15 is 0 Å². The van der Waals surface area contributed by atoms with E-state index in [2.05, 4.69) is 20.2 Å². The quantitative estimate of drug-likeness (QED) is 0.810. The number of hydrogen-bond donors (Lipinski definition) is 1. The fourth-order valence-electron chi connectivity index (χ4n) is 4.63. The molecule has 2 aliphatic rings. The van der Waals surface area contributed by atoms with Gasteiger partial charge in [-0.05, 0) is 44.9 Å². The van der Waals surface area contributed by atoms with E-state index in [0.29, 0.717) is 18.3 Å². The third kappa shape index (κ3) is 5.14. The van der Waals surface area contributed by atoms with Crippen LogP contribution in [0, 0.1) is 12.8 Å². The third-order valence-electron chi connectivity index (χ3n) is 6.22. The Morgan fingerprint density at radius 3 is 2.76 bits per heavy atom. The predicted molar refractivity (Wildman–Crippen MR) is 113 cm³/mol. The zero-order chi connectivity index (χ0) is 20.1. The van der Waals surface area contributed by atoms with Crippen molar-refractivity contribution in [1.29, 1.82) is 0 Å².